The summed E-state index contributed by atoms with van der Waals surface area (Å²) < 4.78 is 42.7. The Balaban J connectivity index is 1.90. The van der Waals surface area contributed by atoms with E-state index in [0.29, 0.717) is 10.0 Å². The predicted molar refractivity (Wildman–Crippen MR) is 114 cm³/mol. The van der Waals surface area contributed by atoms with Crippen molar-refractivity contribution in [3.63, 3.8) is 0 Å². The van der Waals surface area contributed by atoms with Gasteiger partial charge in [0.2, 0.25) is 0 Å². The zero-order valence-corrected chi connectivity index (χ0v) is 18.5. The van der Waals surface area contributed by atoms with E-state index in [1.54, 1.807) is 12.1 Å². The van der Waals surface area contributed by atoms with E-state index in [2.05, 4.69) is 37.7 Å². The summed E-state index contributed by atoms with van der Waals surface area (Å²) in [4.78, 5) is 0. The number of rotatable bonds is 2. The fourth-order valence-electron chi connectivity index (χ4n) is 5.33. The fraction of sp³-hybridized carbons (Fsp3) is 0.391. The first-order valence-electron chi connectivity index (χ1n) is 9.73. The average molecular weight is 456 g/mol. The van der Waals surface area contributed by atoms with Gasteiger partial charge in [-0.2, -0.15) is 0 Å². The van der Waals surface area contributed by atoms with Crippen molar-refractivity contribution in [1.82, 2.24) is 0 Å². The molecule has 30 heavy (non-hydrogen) atoms. The Kier molecular flexibility index (Phi) is 5.06. The van der Waals surface area contributed by atoms with Gasteiger partial charge in [0.1, 0.15) is 5.75 Å². The van der Waals surface area contributed by atoms with Gasteiger partial charge in [0.05, 0.1) is 6.04 Å². The molecule has 0 spiro atoms. The number of anilines is 1. The van der Waals surface area contributed by atoms with Crippen LogP contribution in [0.25, 0.3) is 0 Å². The molecule has 2 aromatic rings. The van der Waals surface area contributed by atoms with Gasteiger partial charge >= 0.3 is 6.36 Å². The Labute approximate surface area is 184 Å². The van der Waals surface area contributed by atoms with Crippen molar-refractivity contribution in [2.75, 3.05) is 5.32 Å². The van der Waals surface area contributed by atoms with Gasteiger partial charge in [-0.3, -0.25) is 0 Å². The number of benzene rings is 2. The summed E-state index contributed by atoms with van der Waals surface area (Å²) in [5.41, 5.74) is 4.45. The molecular formula is C23H22Cl2F3NO. The molecular weight excluding hydrogens is 434 g/mol. The summed E-state index contributed by atoms with van der Waals surface area (Å²) >= 11 is 12.7. The smallest absolute Gasteiger partial charge is 0.406 e. The molecule has 4 rings (SSSR count). The minimum atomic E-state index is -4.74. The molecule has 0 saturated heterocycles. The Morgan fingerprint density at radius 1 is 1.07 bits per heavy atom. The third-order valence-electron chi connectivity index (χ3n) is 7.01. The number of hydrogen-bond acceptors (Lipinski definition) is 2. The van der Waals surface area contributed by atoms with Crippen molar-refractivity contribution in [3.05, 3.63) is 68.7 Å². The van der Waals surface area contributed by atoms with Gasteiger partial charge in [-0.1, -0.05) is 54.3 Å². The Morgan fingerprint density at radius 2 is 1.77 bits per heavy atom. The van der Waals surface area contributed by atoms with Crippen LogP contribution >= 0.6 is 23.2 Å². The van der Waals surface area contributed by atoms with Crippen molar-refractivity contribution in [1.29, 1.82) is 0 Å². The van der Waals surface area contributed by atoms with Gasteiger partial charge in [0.15, 0.2) is 0 Å². The van der Waals surface area contributed by atoms with Crippen molar-refractivity contribution >= 4 is 28.9 Å². The second-order valence-corrected chi connectivity index (χ2v) is 9.21. The maximum atomic E-state index is 12.8. The molecule has 1 aliphatic carbocycles. The second-order valence-electron chi connectivity index (χ2n) is 8.37. The summed E-state index contributed by atoms with van der Waals surface area (Å²) in [6.07, 6.45) is -4.74. The van der Waals surface area contributed by atoms with Crippen LogP contribution < -0.4 is 10.1 Å². The lowest BCUT2D eigenvalue weighted by Crippen LogP contribution is -2.43. The highest BCUT2D eigenvalue weighted by Gasteiger charge is 2.54. The van der Waals surface area contributed by atoms with Gasteiger partial charge < -0.3 is 10.1 Å². The summed E-state index contributed by atoms with van der Waals surface area (Å²) in [5, 5.41) is 4.66. The quantitative estimate of drug-likeness (QED) is 0.464. The standard InChI is InChI=1S/C23H22Cl2F3NO/c1-11-12(2)20-21(16-7-5-14(24)9-18(16)25)29-19-8-6-15(30-23(26,27)28)10-17(19)22(20,4)13(11)3/h5-10,12,20-21,29H,1-4H3. The lowest BCUT2D eigenvalue weighted by atomic mass is 9.62. The average Bonchev–Trinajstić information content (AvgIpc) is 2.82. The van der Waals surface area contributed by atoms with Crippen LogP contribution in [0.15, 0.2) is 47.5 Å². The van der Waals surface area contributed by atoms with Crippen LogP contribution in [0, 0.1) is 11.8 Å². The Hall–Kier alpha value is -1.85. The largest absolute Gasteiger partial charge is 0.573 e. The van der Waals surface area contributed by atoms with Crippen LogP contribution in [0.4, 0.5) is 18.9 Å². The molecule has 1 heterocycles. The first kappa shape index (κ1) is 21.4. The normalized spacial score (nSPS) is 28.1. The van der Waals surface area contributed by atoms with Gasteiger partial charge in [-0.25, -0.2) is 0 Å². The molecule has 2 aliphatic rings. The summed E-state index contributed by atoms with van der Waals surface area (Å²) in [6, 6.07) is 9.84. The van der Waals surface area contributed by atoms with Crippen molar-refractivity contribution in [3.8, 4) is 5.75 Å². The molecule has 4 atom stereocenters. The first-order valence-corrected chi connectivity index (χ1v) is 10.5. The van der Waals surface area contributed by atoms with E-state index in [-0.39, 0.29) is 23.6 Å². The van der Waals surface area contributed by atoms with Crippen LogP contribution in [-0.2, 0) is 5.41 Å². The molecule has 7 heteroatoms. The number of nitrogens with one attached hydrogen (secondary N) is 1. The van der Waals surface area contributed by atoms with Crippen LogP contribution in [0.2, 0.25) is 10.0 Å². The summed E-state index contributed by atoms with van der Waals surface area (Å²) in [5.74, 6) is 0.0559. The monoisotopic (exact) mass is 455 g/mol. The number of fused-ring (bicyclic) bond motifs is 3. The SMILES string of the molecule is CC1=C(C)C2(C)c3cc(OC(F)(F)F)ccc3NC(c3ccc(Cl)cc3Cl)C2C1C. The van der Waals surface area contributed by atoms with Gasteiger partial charge in [0.25, 0.3) is 0 Å². The van der Waals surface area contributed by atoms with E-state index < -0.39 is 11.8 Å². The van der Waals surface area contributed by atoms with Crippen molar-refractivity contribution < 1.29 is 17.9 Å². The molecule has 0 fully saturated rings. The van der Waals surface area contributed by atoms with E-state index in [4.69, 9.17) is 23.2 Å². The Morgan fingerprint density at radius 3 is 2.40 bits per heavy atom. The number of allylic oxidation sites excluding steroid dienone is 2. The maximum absolute atomic E-state index is 12.8. The topological polar surface area (TPSA) is 21.3 Å². The van der Waals surface area contributed by atoms with E-state index in [0.717, 1.165) is 16.8 Å². The van der Waals surface area contributed by atoms with Crippen molar-refractivity contribution in [2.45, 2.75) is 45.5 Å². The highest BCUT2D eigenvalue weighted by molar-refractivity contribution is 6.35. The molecule has 1 N–H and O–H groups in total. The zero-order chi connectivity index (χ0) is 22.0. The molecule has 0 saturated carbocycles. The summed E-state index contributed by atoms with van der Waals surface area (Å²) in [7, 11) is 0. The summed E-state index contributed by atoms with van der Waals surface area (Å²) in [6.45, 7) is 8.43. The van der Waals surface area contributed by atoms with Crippen LogP contribution in [0.5, 0.6) is 5.75 Å². The van der Waals surface area contributed by atoms with Crippen LogP contribution in [0.3, 0.4) is 0 Å². The molecule has 1 aliphatic heterocycles. The fourth-order valence-corrected chi connectivity index (χ4v) is 5.86. The number of alkyl halides is 3. The minimum absolute atomic E-state index is 0.0600. The maximum Gasteiger partial charge on any atom is 0.573 e. The van der Waals surface area contributed by atoms with E-state index in [1.165, 1.54) is 23.3 Å². The molecule has 2 aromatic carbocycles. The van der Waals surface area contributed by atoms with Crippen molar-refractivity contribution in [2.24, 2.45) is 11.8 Å². The van der Waals surface area contributed by atoms with Crippen LogP contribution in [-0.4, -0.2) is 6.36 Å². The van der Waals surface area contributed by atoms with E-state index >= 15 is 0 Å². The zero-order valence-electron chi connectivity index (χ0n) is 17.0. The van der Waals surface area contributed by atoms with E-state index in [9.17, 15) is 13.2 Å². The van der Waals surface area contributed by atoms with Crippen LogP contribution in [0.1, 0.15) is 44.9 Å². The van der Waals surface area contributed by atoms with Gasteiger partial charge in [-0.05, 0) is 61.2 Å². The highest BCUT2D eigenvalue weighted by atomic mass is 35.5. The molecule has 0 bridgehead atoms. The van der Waals surface area contributed by atoms with Gasteiger partial charge in [0, 0.05) is 27.1 Å². The molecule has 4 unspecified atom stereocenters. The molecule has 0 radical (unpaired) electrons. The number of ether oxygens (including phenoxy) is 1. The van der Waals surface area contributed by atoms with E-state index in [1.807, 2.05) is 12.1 Å². The molecule has 160 valence electrons. The molecule has 2 nitrogen and oxygen atoms in total. The second kappa shape index (κ2) is 7.10. The Bertz CT molecular complexity index is 1050. The highest BCUT2D eigenvalue weighted by Crippen LogP contribution is 2.61. The molecule has 0 amide bonds. The third kappa shape index (κ3) is 3.27. The number of hydrogen-bond donors (Lipinski definition) is 1. The van der Waals surface area contributed by atoms with Gasteiger partial charge in [-0.15, -0.1) is 13.2 Å². The minimum Gasteiger partial charge on any atom is -0.406 e. The lowest BCUT2D eigenvalue weighted by Gasteiger charge is -2.47. The number of halogens is 5. The predicted octanol–water partition coefficient (Wildman–Crippen LogP) is 7.92. The third-order valence-corrected chi connectivity index (χ3v) is 7.57. The lowest BCUT2D eigenvalue weighted by molar-refractivity contribution is -0.274. The molecule has 0 aromatic heterocycles. The first-order chi connectivity index (χ1) is 13.9.